The highest BCUT2D eigenvalue weighted by Gasteiger charge is 2.18. The average Bonchev–Trinajstić information content (AvgIpc) is 2.56. The summed E-state index contributed by atoms with van der Waals surface area (Å²) in [5, 5.41) is 13.4. The standard InChI is InChI=1S/C17H15ClN2O5/c1-10(21)12-3-5-13(6-4-12)19-17(22)11(2)25-16-8-7-14(20(23)24)9-15(16)18/h3-9,11H,1-2H3,(H,19,22)/t11-/m1/s1. The zero-order valence-corrected chi connectivity index (χ0v) is 14.2. The minimum atomic E-state index is -0.883. The van der Waals surface area contributed by atoms with E-state index in [0.717, 1.165) is 6.07 Å². The molecule has 0 radical (unpaired) electrons. The van der Waals surface area contributed by atoms with E-state index in [0.29, 0.717) is 11.3 Å². The maximum Gasteiger partial charge on any atom is 0.271 e. The molecule has 25 heavy (non-hydrogen) atoms. The molecule has 0 fully saturated rings. The minimum absolute atomic E-state index is 0.0414. The molecule has 2 aromatic rings. The summed E-state index contributed by atoms with van der Waals surface area (Å²) < 4.78 is 5.46. The summed E-state index contributed by atoms with van der Waals surface area (Å²) in [6.07, 6.45) is -0.883. The molecule has 0 saturated carbocycles. The van der Waals surface area contributed by atoms with Crippen LogP contribution in [0.2, 0.25) is 5.02 Å². The Kier molecular flexibility index (Phi) is 5.71. The molecular weight excluding hydrogens is 348 g/mol. The molecule has 2 aromatic carbocycles. The first-order valence-electron chi connectivity index (χ1n) is 7.30. The summed E-state index contributed by atoms with van der Waals surface area (Å²) in [6, 6.07) is 10.2. The number of non-ortho nitro benzene ring substituents is 1. The smallest absolute Gasteiger partial charge is 0.271 e. The summed E-state index contributed by atoms with van der Waals surface area (Å²) in [5.41, 5.74) is 0.889. The molecule has 8 heteroatoms. The van der Waals surface area contributed by atoms with Gasteiger partial charge in [-0.05, 0) is 44.2 Å². The van der Waals surface area contributed by atoms with E-state index in [1.807, 2.05) is 0 Å². The number of ether oxygens (including phenoxy) is 1. The highest BCUT2D eigenvalue weighted by Crippen LogP contribution is 2.29. The number of hydrogen-bond donors (Lipinski definition) is 1. The molecule has 7 nitrogen and oxygen atoms in total. The fourth-order valence-electron chi connectivity index (χ4n) is 1.98. The van der Waals surface area contributed by atoms with Crippen LogP contribution < -0.4 is 10.1 Å². The van der Waals surface area contributed by atoms with Gasteiger partial charge in [0.05, 0.1) is 9.95 Å². The zero-order chi connectivity index (χ0) is 18.6. The topological polar surface area (TPSA) is 98.5 Å². The molecule has 0 aliphatic heterocycles. The SMILES string of the molecule is CC(=O)c1ccc(NC(=O)[C@@H](C)Oc2ccc([N+](=O)[O-])cc2Cl)cc1. The Morgan fingerprint density at radius 3 is 2.36 bits per heavy atom. The summed E-state index contributed by atoms with van der Waals surface area (Å²) in [6.45, 7) is 2.98. The van der Waals surface area contributed by atoms with Crippen molar-refractivity contribution in [1.82, 2.24) is 0 Å². The number of nitro benzene ring substituents is 1. The quantitative estimate of drug-likeness (QED) is 0.478. The fraction of sp³-hybridized carbons (Fsp3) is 0.176. The van der Waals surface area contributed by atoms with Crippen LogP contribution >= 0.6 is 11.6 Å². The maximum absolute atomic E-state index is 12.2. The summed E-state index contributed by atoms with van der Waals surface area (Å²) >= 11 is 5.94. The van der Waals surface area contributed by atoms with E-state index in [1.165, 1.54) is 26.0 Å². The highest BCUT2D eigenvalue weighted by molar-refractivity contribution is 6.32. The van der Waals surface area contributed by atoms with E-state index in [-0.39, 0.29) is 22.2 Å². The molecular formula is C17H15ClN2O5. The Morgan fingerprint density at radius 2 is 1.84 bits per heavy atom. The van der Waals surface area contributed by atoms with Crippen LogP contribution in [0.3, 0.4) is 0 Å². The lowest BCUT2D eigenvalue weighted by Gasteiger charge is -2.15. The van der Waals surface area contributed by atoms with Crippen molar-refractivity contribution < 1.29 is 19.2 Å². The molecule has 0 saturated heterocycles. The van der Waals surface area contributed by atoms with Gasteiger partial charge < -0.3 is 10.1 Å². The monoisotopic (exact) mass is 362 g/mol. The van der Waals surface area contributed by atoms with E-state index in [4.69, 9.17) is 16.3 Å². The number of nitrogens with one attached hydrogen (secondary N) is 1. The predicted octanol–water partition coefficient (Wildman–Crippen LogP) is 3.86. The Morgan fingerprint density at radius 1 is 1.20 bits per heavy atom. The van der Waals surface area contributed by atoms with Gasteiger partial charge in [0.2, 0.25) is 0 Å². The van der Waals surface area contributed by atoms with Gasteiger partial charge in [-0.25, -0.2) is 0 Å². The molecule has 0 aliphatic carbocycles. The molecule has 2 rings (SSSR count). The number of hydrogen-bond acceptors (Lipinski definition) is 5. The number of halogens is 1. The number of carbonyl (C=O) groups is 2. The fourth-order valence-corrected chi connectivity index (χ4v) is 2.19. The van der Waals surface area contributed by atoms with Crippen LogP contribution in [-0.4, -0.2) is 22.7 Å². The number of carbonyl (C=O) groups excluding carboxylic acids is 2. The molecule has 0 aliphatic rings. The molecule has 1 N–H and O–H groups in total. The van der Waals surface area contributed by atoms with Crippen LogP contribution in [0.1, 0.15) is 24.2 Å². The van der Waals surface area contributed by atoms with Crippen molar-refractivity contribution in [2.45, 2.75) is 20.0 Å². The molecule has 0 heterocycles. The van der Waals surface area contributed by atoms with Crippen molar-refractivity contribution in [2.24, 2.45) is 0 Å². The van der Waals surface area contributed by atoms with Gasteiger partial charge in [0.25, 0.3) is 11.6 Å². The van der Waals surface area contributed by atoms with Gasteiger partial charge in [-0.3, -0.25) is 19.7 Å². The summed E-state index contributed by atoms with van der Waals surface area (Å²) in [7, 11) is 0. The van der Waals surface area contributed by atoms with Crippen LogP contribution in [0.5, 0.6) is 5.75 Å². The van der Waals surface area contributed by atoms with E-state index in [2.05, 4.69) is 5.32 Å². The van der Waals surface area contributed by atoms with Crippen LogP contribution in [0.25, 0.3) is 0 Å². The lowest BCUT2D eigenvalue weighted by molar-refractivity contribution is -0.384. The van der Waals surface area contributed by atoms with Gasteiger partial charge >= 0.3 is 0 Å². The van der Waals surface area contributed by atoms with Crippen LogP contribution in [0, 0.1) is 10.1 Å². The number of nitrogens with zero attached hydrogens (tertiary/aromatic N) is 1. The van der Waals surface area contributed by atoms with Crippen molar-refractivity contribution in [3.05, 3.63) is 63.2 Å². The molecule has 1 amide bonds. The van der Waals surface area contributed by atoms with Gasteiger partial charge in [-0.15, -0.1) is 0 Å². The second-order valence-corrected chi connectivity index (χ2v) is 5.66. The van der Waals surface area contributed by atoms with Crippen LogP contribution in [0.15, 0.2) is 42.5 Å². The van der Waals surface area contributed by atoms with E-state index >= 15 is 0 Å². The summed E-state index contributed by atoms with van der Waals surface area (Å²) in [4.78, 5) is 33.5. The van der Waals surface area contributed by atoms with Crippen molar-refractivity contribution >= 4 is 34.7 Å². The van der Waals surface area contributed by atoms with Crippen molar-refractivity contribution in [2.75, 3.05) is 5.32 Å². The first-order valence-corrected chi connectivity index (χ1v) is 7.68. The lowest BCUT2D eigenvalue weighted by atomic mass is 10.1. The Hall–Kier alpha value is -2.93. The van der Waals surface area contributed by atoms with Crippen molar-refractivity contribution in [3.8, 4) is 5.75 Å². The number of nitro groups is 1. The second kappa shape index (κ2) is 7.76. The zero-order valence-electron chi connectivity index (χ0n) is 13.5. The summed E-state index contributed by atoms with van der Waals surface area (Å²) in [5.74, 6) is -0.325. The molecule has 130 valence electrons. The highest BCUT2D eigenvalue weighted by atomic mass is 35.5. The lowest BCUT2D eigenvalue weighted by Crippen LogP contribution is -2.30. The average molecular weight is 363 g/mol. The van der Waals surface area contributed by atoms with Gasteiger partial charge in [0.15, 0.2) is 11.9 Å². The van der Waals surface area contributed by atoms with Crippen LogP contribution in [0.4, 0.5) is 11.4 Å². The third-order valence-electron chi connectivity index (χ3n) is 3.36. The minimum Gasteiger partial charge on any atom is -0.479 e. The third-order valence-corrected chi connectivity index (χ3v) is 3.65. The number of anilines is 1. The third kappa shape index (κ3) is 4.77. The number of Topliss-reactive ketones (excluding diaryl/α,β-unsaturated/α-hetero) is 1. The Labute approximate surface area is 148 Å². The molecule has 0 aromatic heterocycles. The van der Waals surface area contributed by atoms with E-state index < -0.39 is 16.9 Å². The Bertz CT molecular complexity index is 820. The number of rotatable bonds is 6. The predicted molar refractivity (Wildman–Crippen MR) is 93.3 cm³/mol. The van der Waals surface area contributed by atoms with Gasteiger partial charge in [-0.1, -0.05) is 11.6 Å². The van der Waals surface area contributed by atoms with Crippen molar-refractivity contribution in [3.63, 3.8) is 0 Å². The van der Waals surface area contributed by atoms with Crippen LogP contribution in [-0.2, 0) is 4.79 Å². The molecule has 1 atom stereocenters. The van der Waals surface area contributed by atoms with E-state index in [9.17, 15) is 19.7 Å². The molecule has 0 bridgehead atoms. The van der Waals surface area contributed by atoms with Gasteiger partial charge in [0.1, 0.15) is 5.75 Å². The number of ketones is 1. The van der Waals surface area contributed by atoms with Gasteiger partial charge in [0, 0.05) is 23.4 Å². The molecule has 0 spiro atoms. The first kappa shape index (κ1) is 18.4. The number of amides is 1. The molecule has 0 unspecified atom stereocenters. The largest absolute Gasteiger partial charge is 0.479 e. The number of benzene rings is 2. The van der Waals surface area contributed by atoms with Gasteiger partial charge in [-0.2, -0.15) is 0 Å². The second-order valence-electron chi connectivity index (χ2n) is 5.25. The maximum atomic E-state index is 12.2. The normalized spacial score (nSPS) is 11.5. The van der Waals surface area contributed by atoms with E-state index in [1.54, 1.807) is 24.3 Å². The first-order chi connectivity index (χ1) is 11.8. The van der Waals surface area contributed by atoms with Crippen molar-refractivity contribution in [1.29, 1.82) is 0 Å². The Balaban J connectivity index is 2.02.